The SMILES string of the molecule is CCN1C(=O)N(c2c(F)cc(NCCN(CCO[Si](C)(C)C(C)(C)C)C(=O)O)cc2F)c2cc(Cl)ccc2-c2cc(Cl)cnc21. The quantitative estimate of drug-likeness (QED) is 0.208. The monoisotopic (exact) mass is 679 g/mol. The smallest absolute Gasteiger partial charge is 0.407 e. The number of amides is 3. The first kappa shape index (κ1) is 34.4. The Bertz CT molecular complexity index is 1580. The first-order valence-electron chi connectivity index (χ1n) is 14.5. The Morgan fingerprint density at radius 2 is 1.73 bits per heavy atom. The van der Waals surface area contributed by atoms with Crippen LogP contribution >= 0.6 is 23.2 Å². The van der Waals surface area contributed by atoms with Gasteiger partial charge in [0.2, 0.25) is 0 Å². The summed E-state index contributed by atoms with van der Waals surface area (Å²) in [5, 5.41) is 13.1. The molecule has 242 valence electrons. The molecule has 2 N–H and O–H groups in total. The molecule has 4 rings (SSSR count). The molecule has 0 saturated carbocycles. The molecule has 1 aromatic heterocycles. The van der Waals surface area contributed by atoms with Crippen molar-refractivity contribution in [2.24, 2.45) is 0 Å². The predicted octanol–water partition coefficient (Wildman–Crippen LogP) is 8.85. The molecule has 3 aromatic rings. The van der Waals surface area contributed by atoms with E-state index in [-0.39, 0.29) is 60.0 Å². The number of urea groups is 1. The second-order valence-electron chi connectivity index (χ2n) is 12.1. The maximum absolute atomic E-state index is 15.8. The number of benzene rings is 2. The third-order valence-corrected chi connectivity index (χ3v) is 13.2. The van der Waals surface area contributed by atoms with Crippen LogP contribution in [0, 0.1) is 11.6 Å². The summed E-state index contributed by atoms with van der Waals surface area (Å²) in [5.74, 6) is -1.74. The van der Waals surface area contributed by atoms with Gasteiger partial charge in [-0.25, -0.2) is 23.4 Å². The number of hydrogen-bond donors (Lipinski definition) is 2. The van der Waals surface area contributed by atoms with Gasteiger partial charge in [-0.05, 0) is 55.4 Å². The molecule has 2 heterocycles. The van der Waals surface area contributed by atoms with Crippen LogP contribution in [0.4, 0.5) is 41.2 Å². The number of anilines is 4. The van der Waals surface area contributed by atoms with Crippen molar-refractivity contribution < 1.29 is 27.9 Å². The first-order chi connectivity index (χ1) is 21.1. The molecule has 0 aliphatic carbocycles. The molecule has 45 heavy (non-hydrogen) atoms. The van der Waals surface area contributed by atoms with Crippen LogP contribution in [0.3, 0.4) is 0 Å². The van der Waals surface area contributed by atoms with Gasteiger partial charge >= 0.3 is 12.1 Å². The Labute approximate surface area is 272 Å². The van der Waals surface area contributed by atoms with Crippen LogP contribution in [-0.2, 0) is 4.43 Å². The van der Waals surface area contributed by atoms with Crippen LogP contribution in [0.1, 0.15) is 27.7 Å². The molecule has 9 nitrogen and oxygen atoms in total. The summed E-state index contributed by atoms with van der Waals surface area (Å²) < 4.78 is 37.8. The highest BCUT2D eigenvalue weighted by Crippen LogP contribution is 2.46. The molecule has 0 saturated heterocycles. The summed E-state index contributed by atoms with van der Waals surface area (Å²) in [6.07, 6.45) is 0.272. The fourth-order valence-corrected chi connectivity index (χ4v) is 6.08. The highest BCUT2D eigenvalue weighted by atomic mass is 35.5. The van der Waals surface area contributed by atoms with E-state index < -0.39 is 37.8 Å². The van der Waals surface area contributed by atoms with Gasteiger partial charge in [-0.2, -0.15) is 0 Å². The van der Waals surface area contributed by atoms with Gasteiger partial charge in [-0.3, -0.25) is 9.80 Å². The number of fused-ring (bicyclic) bond motifs is 3. The Balaban J connectivity index is 1.58. The van der Waals surface area contributed by atoms with Gasteiger partial charge in [0, 0.05) is 54.2 Å². The van der Waals surface area contributed by atoms with Crippen molar-refractivity contribution in [1.82, 2.24) is 9.88 Å². The largest absolute Gasteiger partial charge is 0.465 e. The Kier molecular flexibility index (Phi) is 10.3. The molecule has 1 aliphatic heterocycles. The normalized spacial score (nSPS) is 13.3. The fraction of sp³-hybridized carbons (Fsp3) is 0.387. The lowest BCUT2D eigenvalue weighted by atomic mass is 10.0. The highest BCUT2D eigenvalue weighted by molar-refractivity contribution is 6.74. The maximum atomic E-state index is 15.8. The standard InChI is InChI=1S/C31H37Cl2F2N5O4Si/c1-7-39-28-23(14-20(33)18-37-28)22-9-8-19(32)15-26(22)40(29(39)41)27-24(34)16-21(17-25(27)35)36-10-11-38(30(42)43)12-13-44-45(5,6)31(2,3)4/h8-9,14-18,36H,7,10-13H2,1-6H3,(H,42,43). The van der Waals surface area contributed by atoms with Gasteiger partial charge in [0.25, 0.3) is 0 Å². The Morgan fingerprint density at radius 1 is 1.07 bits per heavy atom. The van der Waals surface area contributed by atoms with Crippen LogP contribution in [-0.4, -0.2) is 68.2 Å². The average molecular weight is 681 g/mol. The van der Waals surface area contributed by atoms with Crippen LogP contribution in [0.25, 0.3) is 11.1 Å². The van der Waals surface area contributed by atoms with Crippen molar-refractivity contribution in [3.8, 4) is 11.1 Å². The summed E-state index contributed by atoms with van der Waals surface area (Å²) in [6.45, 7) is 12.9. The van der Waals surface area contributed by atoms with E-state index in [4.69, 9.17) is 27.6 Å². The van der Waals surface area contributed by atoms with Crippen LogP contribution in [0.5, 0.6) is 0 Å². The van der Waals surface area contributed by atoms with E-state index in [1.807, 2.05) is 0 Å². The van der Waals surface area contributed by atoms with Gasteiger partial charge in [0.1, 0.15) is 11.5 Å². The lowest BCUT2D eigenvalue weighted by molar-refractivity contribution is 0.135. The summed E-state index contributed by atoms with van der Waals surface area (Å²) >= 11 is 12.5. The van der Waals surface area contributed by atoms with E-state index in [1.54, 1.807) is 25.1 Å². The van der Waals surface area contributed by atoms with Gasteiger partial charge in [-0.1, -0.05) is 50.0 Å². The average Bonchev–Trinajstić information content (AvgIpc) is 3.03. The molecule has 0 spiro atoms. The molecule has 14 heteroatoms. The molecule has 3 amide bonds. The lowest BCUT2D eigenvalue weighted by Gasteiger charge is -2.36. The lowest BCUT2D eigenvalue weighted by Crippen LogP contribution is -2.44. The number of carboxylic acid groups (broad SMARTS) is 1. The number of rotatable bonds is 10. The minimum absolute atomic E-state index is 0.0153. The number of nitrogens with one attached hydrogen (secondary N) is 1. The minimum Gasteiger partial charge on any atom is -0.465 e. The van der Waals surface area contributed by atoms with Crippen molar-refractivity contribution in [1.29, 1.82) is 0 Å². The van der Waals surface area contributed by atoms with Crippen LogP contribution in [0.2, 0.25) is 28.2 Å². The summed E-state index contributed by atoms with van der Waals surface area (Å²) in [4.78, 5) is 33.5. The number of carbonyl (C=O) groups excluding carboxylic acids is 1. The third-order valence-electron chi connectivity index (χ3n) is 8.17. The molecular formula is C31H37Cl2F2N5O4Si. The van der Waals surface area contributed by atoms with Crippen LogP contribution < -0.4 is 15.1 Å². The molecule has 0 fully saturated rings. The maximum Gasteiger partial charge on any atom is 0.407 e. The highest BCUT2D eigenvalue weighted by Gasteiger charge is 2.38. The second-order valence-corrected chi connectivity index (χ2v) is 17.8. The summed E-state index contributed by atoms with van der Waals surface area (Å²) in [5.41, 5.74) is 0.601. The second kappa shape index (κ2) is 13.5. The topological polar surface area (TPSA) is 98.2 Å². The fourth-order valence-electron chi connectivity index (χ4n) is 4.73. The number of aromatic nitrogens is 1. The van der Waals surface area contributed by atoms with E-state index >= 15 is 8.78 Å². The third kappa shape index (κ3) is 7.35. The van der Waals surface area contributed by atoms with Crippen LogP contribution in [0.15, 0.2) is 42.6 Å². The minimum atomic E-state index is -2.05. The molecular weight excluding hydrogens is 643 g/mol. The van der Waals surface area contributed by atoms with Crippen molar-refractivity contribution in [2.75, 3.05) is 47.9 Å². The van der Waals surface area contributed by atoms with Gasteiger partial charge in [0.15, 0.2) is 20.0 Å². The molecule has 1 aliphatic rings. The summed E-state index contributed by atoms with van der Waals surface area (Å²) in [6, 6.07) is 7.73. The Morgan fingerprint density at radius 3 is 2.33 bits per heavy atom. The number of pyridine rings is 1. The van der Waals surface area contributed by atoms with Crippen molar-refractivity contribution in [3.63, 3.8) is 0 Å². The predicted molar refractivity (Wildman–Crippen MR) is 178 cm³/mol. The number of halogens is 4. The summed E-state index contributed by atoms with van der Waals surface area (Å²) in [7, 11) is -2.05. The number of nitrogens with zero attached hydrogens (tertiary/aromatic N) is 4. The van der Waals surface area contributed by atoms with E-state index in [1.165, 1.54) is 22.1 Å². The molecule has 0 bridgehead atoms. The zero-order valence-corrected chi connectivity index (χ0v) is 28.6. The molecule has 0 radical (unpaired) electrons. The molecule has 2 aromatic carbocycles. The molecule has 0 atom stereocenters. The van der Waals surface area contributed by atoms with E-state index in [0.29, 0.717) is 16.1 Å². The van der Waals surface area contributed by atoms with E-state index in [9.17, 15) is 14.7 Å². The van der Waals surface area contributed by atoms with E-state index in [0.717, 1.165) is 17.0 Å². The first-order valence-corrected chi connectivity index (χ1v) is 18.1. The van der Waals surface area contributed by atoms with Gasteiger partial charge in [-0.15, -0.1) is 0 Å². The van der Waals surface area contributed by atoms with E-state index in [2.05, 4.69) is 44.2 Å². The van der Waals surface area contributed by atoms with Gasteiger partial charge < -0.3 is 19.7 Å². The number of carbonyl (C=O) groups is 2. The zero-order valence-electron chi connectivity index (χ0n) is 26.0. The van der Waals surface area contributed by atoms with Crippen molar-refractivity contribution in [3.05, 3.63) is 64.3 Å². The van der Waals surface area contributed by atoms with Gasteiger partial charge in [0.05, 0.1) is 17.3 Å². The number of hydrogen-bond acceptors (Lipinski definition) is 5. The molecule has 0 unspecified atom stereocenters. The Hall–Kier alpha value is -3.45. The van der Waals surface area contributed by atoms with Crippen molar-refractivity contribution >= 4 is 66.5 Å². The van der Waals surface area contributed by atoms with Crippen molar-refractivity contribution in [2.45, 2.75) is 45.8 Å². The zero-order chi connectivity index (χ0) is 33.3.